The van der Waals surface area contributed by atoms with Crippen molar-refractivity contribution < 1.29 is 0 Å². The van der Waals surface area contributed by atoms with Gasteiger partial charge in [-0.2, -0.15) is 0 Å². The molecule has 0 aliphatic carbocycles. The van der Waals surface area contributed by atoms with Crippen LogP contribution in [0.2, 0.25) is 0 Å². The van der Waals surface area contributed by atoms with Crippen LogP contribution in [-0.2, 0) is 0 Å². The van der Waals surface area contributed by atoms with E-state index in [1.54, 1.807) is 0 Å². The summed E-state index contributed by atoms with van der Waals surface area (Å²) >= 11 is 6.69. The van der Waals surface area contributed by atoms with E-state index in [0.29, 0.717) is 5.92 Å². The Morgan fingerprint density at radius 3 is 2.43 bits per heavy atom. The summed E-state index contributed by atoms with van der Waals surface area (Å²) in [5.74, 6) is 0.638. The van der Waals surface area contributed by atoms with Gasteiger partial charge in [-0.3, -0.25) is 4.90 Å². The van der Waals surface area contributed by atoms with Crippen molar-refractivity contribution in [2.75, 3.05) is 13.1 Å². The lowest BCUT2D eigenvalue weighted by atomic mass is 9.96. The minimum atomic E-state index is 0.114. The molecular weight excluding hydrogens is 278 g/mol. The molecule has 21 heavy (non-hydrogen) atoms. The average molecular weight is 308 g/mol. The molecule has 1 aliphatic rings. The number of likely N-dealkylation sites (tertiary alicyclic amines) is 1. The molecule has 1 aromatic carbocycles. The highest BCUT2D eigenvalue weighted by molar-refractivity contribution is 6.21. The second kappa shape index (κ2) is 8.19. The highest BCUT2D eigenvalue weighted by Crippen LogP contribution is 2.28. The topological polar surface area (TPSA) is 3.24 Å². The van der Waals surface area contributed by atoms with Crippen molar-refractivity contribution >= 4 is 11.6 Å². The van der Waals surface area contributed by atoms with Crippen LogP contribution in [0.15, 0.2) is 24.3 Å². The first-order valence-corrected chi connectivity index (χ1v) is 9.07. The van der Waals surface area contributed by atoms with Gasteiger partial charge in [-0.15, -0.1) is 11.6 Å². The molecule has 0 amide bonds. The maximum atomic E-state index is 6.69. The van der Waals surface area contributed by atoms with E-state index in [2.05, 4.69) is 49.9 Å². The lowest BCUT2D eigenvalue weighted by Gasteiger charge is -2.36. The van der Waals surface area contributed by atoms with Gasteiger partial charge in [-0.1, -0.05) is 51.5 Å². The first-order chi connectivity index (χ1) is 10.2. The lowest BCUT2D eigenvalue weighted by molar-refractivity contribution is 0.144. The fourth-order valence-corrected chi connectivity index (χ4v) is 3.67. The van der Waals surface area contributed by atoms with Crippen LogP contribution in [0.3, 0.4) is 0 Å². The molecule has 118 valence electrons. The smallest absolute Gasteiger partial charge is 0.0712 e. The normalized spacial score (nSPS) is 23.0. The summed E-state index contributed by atoms with van der Waals surface area (Å²) in [7, 11) is 0. The number of hydrogen-bond acceptors (Lipinski definition) is 1. The maximum Gasteiger partial charge on any atom is 0.0712 e. The predicted molar refractivity (Wildman–Crippen MR) is 93.2 cm³/mol. The Morgan fingerprint density at radius 2 is 1.81 bits per heavy atom. The van der Waals surface area contributed by atoms with Gasteiger partial charge in [-0.05, 0) is 49.3 Å². The molecule has 3 atom stereocenters. The summed E-state index contributed by atoms with van der Waals surface area (Å²) in [5, 5.41) is 0.114. The molecular formula is C19H30ClN. The zero-order valence-corrected chi connectivity index (χ0v) is 14.6. The van der Waals surface area contributed by atoms with Gasteiger partial charge in [-0.25, -0.2) is 0 Å². The van der Waals surface area contributed by atoms with E-state index in [4.69, 9.17) is 11.6 Å². The van der Waals surface area contributed by atoms with Crippen molar-refractivity contribution in [2.24, 2.45) is 0 Å². The van der Waals surface area contributed by atoms with Gasteiger partial charge in [0.1, 0.15) is 0 Å². The van der Waals surface area contributed by atoms with Crippen molar-refractivity contribution in [1.82, 2.24) is 4.90 Å². The van der Waals surface area contributed by atoms with E-state index in [1.165, 1.54) is 49.8 Å². The monoisotopic (exact) mass is 307 g/mol. The molecule has 1 aliphatic heterocycles. The minimum Gasteiger partial charge on any atom is -0.299 e. The van der Waals surface area contributed by atoms with Crippen molar-refractivity contribution in [3.8, 4) is 0 Å². The number of benzene rings is 1. The molecule has 1 nitrogen and oxygen atoms in total. The molecule has 2 heteroatoms. The molecule has 0 aromatic heterocycles. The number of alkyl halides is 1. The van der Waals surface area contributed by atoms with Gasteiger partial charge in [0.2, 0.25) is 0 Å². The minimum absolute atomic E-state index is 0.114. The summed E-state index contributed by atoms with van der Waals surface area (Å²) in [6, 6.07) is 9.70. The number of piperidine rings is 1. The number of halogens is 1. The quantitative estimate of drug-likeness (QED) is 0.605. The van der Waals surface area contributed by atoms with E-state index >= 15 is 0 Å². The van der Waals surface area contributed by atoms with Gasteiger partial charge in [0.15, 0.2) is 0 Å². The third kappa shape index (κ3) is 4.47. The Hall–Kier alpha value is -0.530. The van der Waals surface area contributed by atoms with Crippen LogP contribution < -0.4 is 0 Å². The van der Waals surface area contributed by atoms with Crippen LogP contribution in [0.25, 0.3) is 0 Å². The van der Waals surface area contributed by atoms with Crippen LogP contribution in [0.4, 0.5) is 0 Å². The predicted octanol–water partition coefficient (Wildman–Crippen LogP) is 5.74. The molecule has 1 saturated heterocycles. The maximum absolute atomic E-state index is 6.69. The third-order valence-corrected chi connectivity index (χ3v) is 5.48. The lowest BCUT2D eigenvalue weighted by Crippen LogP contribution is -2.40. The molecule has 0 bridgehead atoms. The Kier molecular flexibility index (Phi) is 6.57. The van der Waals surface area contributed by atoms with Gasteiger partial charge in [0, 0.05) is 12.6 Å². The molecule has 1 aromatic rings. The zero-order chi connectivity index (χ0) is 15.2. The van der Waals surface area contributed by atoms with E-state index in [1.807, 2.05) is 0 Å². The van der Waals surface area contributed by atoms with Crippen LogP contribution >= 0.6 is 11.6 Å². The Bertz CT molecular complexity index is 414. The Labute approximate surface area is 135 Å². The van der Waals surface area contributed by atoms with E-state index in [-0.39, 0.29) is 5.38 Å². The molecule has 2 rings (SSSR count). The standard InChI is InChI=1S/C19H30ClN/c1-4-15(3)16-9-11-17(12-10-16)19(20)14-21-13-7-6-8-18(21)5-2/h9-12,15,18-19H,4-8,13-14H2,1-3H3. The van der Waals surface area contributed by atoms with E-state index in [0.717, 1.165) is 12.6 Å². The van der Waals surface area contributed by atoms with Crippen LogP contribution in [0.1, 0.15) is 75.3 Å². The molecule has 3 unspecified atom stereocenters. The van der Waals surface area contributed by atoms with Crippen LogP contribution in [0.5, 0.6) is 0 Å². The van der Waals surface area contributed by atoms with Crippen molar-refractivity contribution in [2.45, 2.75) is 70.2 Å². The van der Waals surface area contributed by atoms with Crippen LogP contribution in [0, 0.1) is 0 Å². The number of rotatable bonds is 6. The molecule has 0 spiro atoms. The van der Waals surface area contributed by atoms with Gasteiger partial charge < -0.3 is 0 Å². The summed E-state index contributed by atoms with van der Waals surface area (Å²) in [6.07, 6.45) is 6.48. The summed E-state index contributed by atoms with van der Waals surface area (Å²) < 4.78 is 0. The third-order valence-electron chi connectivity index (χ3n) is 5.09. The largest absolute Gasteiger partial charge is 0.299 e. The highest BCUT2D eigenvalue weighted by Gasteiger charge is 2.23. The van der Waals surface area contributed by atoms with Crippen LogP contribution in [-0.4, -0.2) is 24.0 Å². The molecule has 1 heterocycles. The SMILES string of the molecule is CCC(C)c1ccc(C(Cl)CN2CCCCC2CC)cc1. The number of nitrogens with zero attached hydrogens (tertiary/aromatic N) is 1. The molecule has 0 radical (unpaired) electrons. The fourth-order valence-electron chi connectivity index (χ4n) is 3.34. The zero-order valence-electron chi connectivity index (χ0n) is 13.8. The Morgan fingerprint density at radius 1 is 1.14 bits per heavy atom. The summed E-state index contributed by atoms with van der Waals surface area (Å²) in [6.45, 7) is 9.03. The van der Waals surface area contributed by atoms with Gasteiger partial charge in [0.05, 0.1) is 5.38 Å². The van der Waals surface area contributed by atoms with Crippen molar-refractivity contribution in [3.05, 3.63) is 35.4 Å². The highest BCUT2D eigenvalue weighted by atomic mass is 35.5. The van der Waals surface area contributed by atoms with Crippen molar-refractivity contribution in [1.29, 1.82) is 0 Å². The van der Waals surface area contributed by atoms with Gasteiger partial charge in [0.25, 0.3) is 0 Å². The average Bonchev–Trinajstić information content (AvgIpc) is 2.54. The summed E-state index contributed by atoms with van der Waals surface area (Å²) in [5.41, 5.74) is 2.69. The van der Waals surface area contributed by atoms with Gasteiger partial charge >= 0.3 is 0 Å². The van der Waals surface area contributed by atoms with E-state index < -0.39 is 0 Å². The summed E-state index contributed by atoms with van der Waals surface area (Å²) in [4.78, 5) is 2.60. The second-order valence-corrected chi connectivity index (χ2v) is 7.02. The van der Waals surface area contributed by atoms with Crippen molar-refractivity contribution in [3.63, 3.8) is 0 Å². The van der Waals surface area contributed by atoms with E-state index in [9.17, 15) is 0 Å². The molecule has 0 N–H and O–H groups in total. The number of hydrogen-bond donors (Lipinski definition) is 0. The first-order valence-electron chi connectivity index (χ1n) is 8.63. The fraction of sp³-hybridized carbons (Fsp3) is 0.684. The second-order valence-electron chi connectivity index (χ2n) is 6.50. The first kappa shape index (κ1) is 16.8. The molecule has 0 saturated carbocycles. The Balaban J connectivity index is 1.97. The molecule has 1 fully saturated rings.